The first-order valence-corrected chi connectivity index (χ1v) is 14.6. The summed E-state index contributed by atoms with van der Waals surface area (Å²) < 4.78 is 26.9. The van der Waals surface area contributed by atoms with E-state index in [0.29, 0.717) is 0 Å². The van der Waals surface area contributed by atoms with Crippen molar-refractivity contribution in [2.24, 2.45) is 0 Å². The summed E-state index contributed by atoms with van der Waals surface area (Å²) in [7, 11) is -3.76. The highest BCUT2D eigenvalue weighted by Crippen LogP contribution is 2.15. The van der Waals surface area contributed by atoms with Crippen molar-refractivity contribution < 1.29 is 13.2 Å². The van der Waals surface area contributed by atoms with E-state index in [4.69, 9.17) is 0 Å². The Bertz CT molecular complexity index is 698. The average molecular weight is 466 g/mol. The minimum Gasteiger partial charge on any atom is -0.274 e. The third kappa shape index (κ3) is 13.9. The molecule has 0 aliphatic heterocycles. The van der Waals surface area contributed by atoms with Gasteiger partial charge >= 0.3 is 0 Å². The summed E-state index contributed by atoms with van der Waals surface area (Å²) in [6, 6.07) is 6.79. The van der Waals surface area contributed by atoms with Crippen LogP contribution in [0.25, 0.3) is 0 Å². The molecule has 0 spiro atoms. The van der Waals surface area contributed by atoms with E-state index in [9.17, 15) is 13.2 Å². The number of rotatable bonds is 20. The first-order chi connectivity index (χ1) is 15.5. The van der Waals surface area contributed by atoms with Gasteiger partial charge in [0.2, 0.25) is 5.91 Å². The third-order valence-corrected chi connectivity index (χ3v) is 7.42. The monoisotopic (exact) mass is 465 g/mol. The van der Waals surface area contributed by atoms with Gasteiger partial charge in [0.05, 0.1) is 4.90 Å². The molecule has 0 atom stereocenters. The zero-order chi connectivity index (χ0) is 23.5. The number of unbranched alkanes of at least 4 members (excludes halogenated alkanes) is 14. The van der Waals surface area contributed by atoms with Gasteiger partial charge in [-0.2, -0.15) is 0 Å². The van der Waals surface area contributed by atoms with E-state index in [1.54, 1.807) is 12.1 Å². The molecule has 0 radical (unpaired) electrons. The molecule has 1 rings (SSSR count). The van der Waals surface area contributed by atoms with Gasteiger partial charge in [-0.15, -0.1) is 0 Å². The quantitative estimate of drug-likeness (QED) is 0.201. The summed E-state index contributed by atoms with van der Waals surface area (Å²) >= 11 is 0. The maximum absolute atomic E-state index is 12.3. The summed E-state index contributed by atoms with van der Waals surface area (Å²) in [6.45, 7) is 4.35. The highest BCUT2D eigenvalue weighted by Gasteiger charge is 2.17. The van der Waals surface area contributed by atoms with E-state index in [1.807, 2.05) is 12.1 Å². The smallest absolute Gasteiger partial charge is 0.264 e. The molecule has 184 valence electrons. The predicted molar refractivity (Wildman–Crippen MR) is 135 cm³/mol. The Balaban J connectivity index is 2.01. The van der Waals surface area contributed by atoms with Crippen molar-refractivity contribution in [3.63, 3.8) is 0 Å². The van der Waals surface area contributed by atoms with Crippen LogP contribution in [0.3, 0.4) is 0 Å². The maximum atomic E-state index is 12.3. The highest BCUT2D eigenvalue weighted by atomic mass is 32.2. The zero-order valence-electron chi connectivity index (χ0n) is 20.7. The van der Waals surface area contributed by atoms with E-state index < -0.39 is 15.9 Å². The molecule has 32 heavy (non-hydrogen) atoms. The molecule has 0 heterocycles. The summed E-state index contributed by atoms with van der Waals surface area (Å²) in [5, 5.41) is 0. The molecule has 0 aliphatic carbocycles. The van der Waals surface area contributed by atoms with Gasteiger partial charge in [-0.3, -0.25) is 4.79 Å². The lowest BCUT2D eigenvalue weighted by atomic mass is 10.0. The lowest BCUT2D eigenvalue weighted by Crippen LogP contribution is -2.30. The van der Waals surface area contributed by atoms with Crippen molar-refractivity contribution >= 4 is 15.9 Å². The summed E-state index contributed by atoms with van der Waals surface area (Å²) in [5.41, 5.74) is 1.11. The van der Waals surface area contributed by atoms with Crippen molar-refractivity contribution in [2.45, 2.75) is 134 Å². The van der Waals surface area contributed by atoms with Gasteiger partial charge < -0.3 is 0 Å². The van der Waals surface area contributed by atoms with Gasteiger partial charge in [0.15, 0.2) is 0 Å². The molecule has 1 amide bonds. The van der Waals surface area contributed by atoms with Crippen molar-refractivity contribution in [3.8, 4) is 0 Å². The molecule has 0 unspecified atom stereocenters. The van der Waals surface area contributed by atoms with E-state index in [-0.39, 0.29) is 11.3 Å². The zero-order valence-corrected chi connectivity index (χ0v) is 21.5. The van der Waals surface area contributed by atoms with Crippen LogP contribution in [0.4, 0.5) is 0 Å². The van der Waals surface area contributed by atoms with E-state index >= 15 is 0 Å². The van der Waals surface area contributed by atoms with E-state index in [0.717, 1.165) is 37.7 Å². The molecule has 1 N–H and O–H groups in total. The van der Waals surface area contributed by atoms with Crippen LogP contribution in [0.5, 0.6) is 0 Å². The molecule has 1 aromatic rings. The van der Waals surface area contributed by atoms with Crippen LogP contribution in [-0.2, 0) is 21.2 Å². The molecule has 1 aromatic carbocycles. The number of amides is 1. The highest BCUT2D eigenvalue weighted by molar-refractivity contribution is 7.90. The largest absolute Gasteiger partial charge is 0.274 e. The molecule has 0 aromatic heterocycles. The van der Waals surface area contributed by atoms with Gasteiger partial charge in [-0.1, -0.05) is 122 Å². The lowest BCUT2D eigenvalue weighted by molar-refractivity contribution is -0.119. The van der Waals surface area contributed by atoms with Crippen molar-refractivity contribution in [1.82, 2.24) is 4.72 Å². The van der Waals surface area contributed by atoms with Crippen molar-refractivity contribution in [1.29, 1.82) is 0 Å². The predicted octanol–water partition coefficient (Wildman–Crippen LogP) is 7.71. The number of carbonyl (C=O) groups is 1. The maximum Gasteiger partial charge on any atom is 0.264 e. The molecule has 0 saturated heterocycles. The first kappa shape index (κ1) is 28.7. The first-order valence-electron chi connectivity index (χ1n) is 13.1. The van der Waals surface area contributed by atoms with E-state index in [1.165, 1.54) is 77.0 Å². The minimum absolute atomic E-state index is 0.155. The fraction of sp³-hybridized carbons (Fsp3) is 0.741. The number of aryl methyl sites for hydroxylation is 1. The summed E-state index contributed by atoms with van der Waals surface area (Å²) in [5.74, 6) is -0.405. The topological polar surface area (TPSA) is 63.2 Å². The fourth-order valence-corrected chi connectivity index (χ4v) is 5.05. The molecule has 0 fully saturated rings. The number of carbonyl (C=O) groups excluding carboxylic acids is 1. The SMILES string of the molecule is CCCCCCCCCCCCCCCCCC(=O)NS(=O)(=O)c1ccc(CCC)cc1. The number of sulfonamides is 1. The molecule has 0 saturated carbocycles. The van der Waals surface area contributed by atoms with E-state index in [2.05, 4.69) is 18.6 Å². The molecule has 0 aliphatic rings. The van der Waals surface area contributed by atoms with Crippen molar-refractivity contribution in [3.05, 3.63) is 29.8 Å². The number of hydrogen-bond donors (Lipinski definition) is 1. The van der Waals surface area contributed by atoms with Gasteiger partial charge in [0.25, 0.3) is 10.0 Å². The summed E-state index contributed by atoms with van der Waals surface area (Å²) in [4.78, 5) is 12.2. The minimum atomic E-state index is -3.76. The Morgan fingerprint density at radius 2 is 1.09 bits per heavy atom. The normalized spacial score (nSPS) is 11.6. The fourth-order valence-electron chi connectivity index (χ4n) is 4.04. The van der Waals surface area contributed by atoms with Gasteiger partial charge in [-0.25, -0.2) is 13.1 Å². The Kier molecular flexibility index (Phi) is 16.2. The number of nitrogens with one attached hydrogen (secondary N) is 1. The number of hydrogen-bond acceptors (Lipinski definition) is 3. The Morgan fingerprint density at radius 3 is 1.53 bits per heavy atom. The van der Waals surface area contributed by atoms with Crippen LogP contribution in [0.2, 0.25) is 0 Å². The number of benzene rings is 1. The molecule has 5 heteroatoms. The van der Waals surface area contributed by atoms with Crippen LogP contribution >= 0.6 is 0 Å². The Morgan fingerprint density at radius 1 is 0.656 bits per heavy atom. The molecular formula is C27H47NO3S. The van der Waals surface area contributed by atoms with Crippen LogP contribution < -0.4 is 4.72 Å². The van der Waals surface area contributed by atoms with Crippen LogP contribution in [-0.4, -0.2) is 14.3 Å². The van der Waals surface area contributed by atoms with Crippen LogP contribution in [0.1, 0.15) is 129 Å². The Labute approximate surface area is 198 Å². The van der Waals surface area contributed by atoms with Crippen LogP contribution in [0, 0.1) is 0 Å². The second kappa shape index (κ2) is 18.1. The molecule has 0 bridgehead atoms. The van der Waals surface area contributed by atoms with Gasteiger partial charge in [0.1, 0.15) is 0 Å². The Hall–Kier alpha value is -1.36. The standard InChI is InChI=1S/C27H47NO3S/c1-3-5-6-7-8-9-10-11-12-13-14-15-16-17-18-20-27(29)28-32(30,31)26-23-21-25(19-4-2)22-24-26/h21-24H,3-20H2,1-2H3,(H,28,29). The van der Waals surface area contributed by atoms with Crippen LogP contribution in [0.15, 0.2) is 29.2 Å². The second-order valence-corrected chi connectivity index (χ2v) is 10.8. The lowest BCUT2D eigenvalue weighted by Gasteiger charge is -2.08. The second-order valence-electron chi connectivity index (χ2n) is 9.12. The third-order valence-electron chi connectivity index (χ3n) is 6.03. The molecule has 4 nitrogen and oxygen atoms in total. The summed E-state index contributed by atoms with van der Waals surface area (Å²) in [6.07, 6.45) is 21.3. The van der Waals surface area contributed by atoms with Gasteiger partial charge in [-0.05, 0) is 30.5 Å². The van der Waals surface area contributed by atoms with Crippen molar-refractivity contribution in [2.75, 3.05) is 0 Å². The van der Waals surface area contributed by atoms with Gasteiger partial charge in [0, 0.05) is 6.42 Å². The molecular weight excluding hydrogens is 418 g/mol. The average Bonchev–Trinajstić information content (AvgIpc) is 2.76.